The number of carbonyl (C=O) groups is 2. The minimum absolute atomic E-state index is 0.0476. The van der Waals surface area contributed by atoms with E-state index < -0.39 is 11.7 Å². The standard InChI is InChI=1S/C29H29Cl2FN4O4/c1-29(2,3)39-9-8-25(37)35-20-5-7-23-17(10-20)11-24(36-23)28(38)34-15-16-4-6-22(31)27(26(16)32)40-21-13-18(30)12-19(33)14-21/h4-7,10-14,36H,8-9,15,33H2,1-3H3,(H,34,38)(H,35,37). The Labute approximate surface area is 240 Å². The molecule has 0 aliphatic carbocycles. The van der Waals surface area contributed by atoms with Crippen molar-refractivity contribution in [1.29, 1.82) is 0 Å². The molecule has 5 N–H and O–H groups in total. The minimum Gasteiger partial charge on any atom is -0.453 e. The molecule has 4 rings (SSSR count). The Morgan fingerprint density at radius 1 is 1.05 bits per heavy atom. The van der Waals surface area contributed by atoms with Crippen molar-refractivity contribution in [1.82, 2.24) is 10.3 Å². The normalized spacial score (nSPS) is 11.4. The van der Waals surface area contributed by atoms with Crippen LogP contribution in [0.25, 0.3) is 10.9 Å². The summed E-state index contributed by atoms with van der Waals surface area (Å²) in [5.74, 6) is -1.33. The molecule has 0 aliphatic rings. The highest BCUT2D eigenvalue weighted by Crippen LogP contribution is 2.35. The van der Waals surface area contributed by atoms with Crippen LogP contribution in [0.1, 0.15) is 43.2 Å². The monoisotopic (exact) mass is 586 g/mol. The molecule has 1 heterocycles. The summed E-state index contributed by atoms with van der Waals surface area (Å²) >= 11 is 12.2. The first-order chi connectivity index (χ1) is 18.9. The lowest BCUT2D eigenvalue weighted by atomic mass is 10.2. The Kier molecular flexibility index (Phi) is 8.88. The number of nitrogens with two attached hydrogens (primary N) is 1. The topological polar surface area (TPSA) is 118 Å². The van der Waals surface area contributed by atoms with Gasteiger partial charge in [-0.25, -0.2) is 4.39 Å². The Hall–Kier alpha value is -3.79. The van der Waals surface area contributed by atoms with Gasteiger partial charge in [0.05, 0.1) is 23.7 Å². The van der Waals surface area contributed by atoms with E-state index in [2.05, 4.69) is 15.6 Å². The summed E-state index contributed by atoms with van der Waals surface area (Å²) in [6, 6.07) is 14.4. The number of aromatic nitrogens is 1. The Morgan fingerprint density at radius 2 is 1.82 bits per heavy atom. The summed E-state index contributed by atoms with van der Waals surface area (Å²) in [6.45, 7) is 5.97. The molecule has 0 radical (unpaired) electrons. The Morgan fingerprint density at radius 3 is 2.55 bits per heavy atom. The van der Waals surface area contributed by atoms with Crippen LogP contribution in [-0.4, -0.2) is 29.0 Å². The number of H-pyrrole nitrogens is 1. The fourth-order valence-electron chi connectivity index (χ4n) is 3.84. The number of aromatic amines is 1. The lowest BCUT2D eigenvalue weighted by Gasteiger charge is -2.19. The van der Waals surface area contributed by atoms with Crippen LogP contribution in [0.5, 0.6) is 11.5 Å². The van der Waals surface area contributed by atoms with E-state index in [4.69, 9.17) is 38.4 Å². The van der Waals surface area contributed by atoms with Crippen LogP contribution in [0.4, 0.5) is 15.8 Å². The SMILES string of the molecule is CC(C)(C)OCCC(=O)Nc1ccc2[nH]c(C(=O)NCc3ccc(Cl)c(Oc4cc(N)cc(Cl)c4)c3F)cc2c1. The molecule has 0 bridgehead atoms. The summed E-state index contributed by atoms with van der Waals surface area (Å²) in [5.41, 5.74) is 7.55. The van der Waals surface area contributed by atoms with Crippen LogP contribution in [-0.2, 0) is 16.1 Å². The second-order valence-electron chi connectivity index (χ2n) is 10.1. The molecule has 40 heavy (non-hydrogen) atoms. The summed E-state index contributed by atoms with van der Waals surface area (Å²) in [6.07, 6.45) is 0.220. The molecule has 0 spiro atoms. The molecule has 11 heteroatoms. The first kappa shape index (κ1) is 29.2. The summed E-state index contributed by atoms with van der Waals surface area (Å²) in [7, 11) is 0. The number of carbonyl (C=O) groups excluding carboxylic acids is 2. The fraction of sp³-hybridized carbons (Fsp3) is 0.241. The van der Waals surface area contributed by atoms with Crippen molar-refractivity contribution in [2.24, 2.45) is 0 Å². The van der Waals surface area contributed by atoms with E-state index in [9.17, 15) is 9.59 Å². The Bertz CT molecular complexity index is 1550. The van der Waals surface area contributed by atoms with Gasteiger partial charge in [0.2, 0.25) is 5.91 Å². The molecule has 0 fully saturated rings. The van der Waals surface area contributed by atoms with Gasteiger partial charge in [-0.2, -0.15) is 0 Å². The number of ether oxygens (including phenoxy) is 2. The van der Waals surface area contributed by atoms with E-state index in [0.29, 0.717) is 28.5 Å². The van der Waals surface area contributed by atoms with Crippen LogP contribution in [0.3, 0.4) is 0 Å². The molecular weight excluding hydrogens is 558 g/mol. The van der Waals surface area contributed by atoms with E-state index in [-0.39, 0.29) is 52.3 Å². The third-order valence-corrected chi connectivity index (χ3v) is 6.21. The van der Waals surface area contributed by atoms with Crippen LogP contribution in [0, 0.1) is 5.82 Å². The predicted octanol–water partition coefficient (Wildman–Crippen LogP) is 7.06. The molecule has 0 saturated heterocycles. The van der Waals surface area contributed by atoms with Gasteiger partial charge in [0.25, 0.3) is 5.91 Å². The maximum absolute atomic E-state index is 15.2. The Balaban J connectivity index is 1.40. The van der Waals surface area contributed by atoms with Crippen molar-refractivity contribution in [3.8, 4) is 11.5 Å². The van der Waals surface area contributed by atoms with E-state index in [0.717, 1.165) is 5.39 Å². The molecule has 2 amide bonds. The second-order valence-corrected chi connectivity index (χ2v) is 10.9. The number of anilines is 2. The summed E-state index contributed by atoms with van der Waals surface area (Å²) in [4.78, 5) is 28.1. The molecule has 0 unspecified atom stereocenters. The number of amides is 2. The maximum atomic E-state index is 15.2. The van der Waals surface area contributed by atoms with Crippen molar-refractivity contribution in [3.63, 3.8) is 0 Å². The fourth-order valence-corrected chi connectivity index (χ4v) is 4.26. The quantitative estimate of drug-likeness (QED) is 0.156. The van der Waals surface area contributed by atoms with Crippen LogP contribution in [0.15, 0.2) is 54.6 Å². The third-order valence-electron chi connectivity index (χ3n) is 5.70. The van der Waals surface area contributed by atoms with E-state index >= 15 is 4.39 Å². The minimum atomic E-state index is -0.726. The predicted molar refractivity (Wildman–Crippen MR) is 156 cm³/mol. The van der Waals surface area contributed by atoms with Gasteiger partial charge in [-0.15, -0.1) is 0 Å². The number of nitrogen functional groups attached to an aromatic ring is 1. The average Bonchev–Trinajstić information content (AvgIpc) is 3.28. The first-order valence-corrected chi connectivity index (χ1v) is 13.2. The molecule has 3 aromatic carbocycles. The number of rotatable bonds is 9. The number of fused-ring (bicyclic) bond motifs is 1. The van der Waals surface area contributed by atoms with Crippen LogP contribution < -0.4 is 21.1 Å². The van der Waals surface area contributed by atoms with Crippen LogP contribution >= 0.6 is 23.2 Å². The smallest absolute Gasteiger partial charge is 0.267 e. The molecule has 1 aromatic heterocycles. The van der Waals surface area contributed by atoms with E-state index in [1.54, 1.807) is 24.3 Å². The largest absolute Gasteiger partial charge is 0.453 e. The second kappa shape index (κ2) is 12.2. The van der Waals surface area contributed by atoms with E-state index in [1.165, 1.54) is 30.3 Å². The maximum Gasteiger partial charge on any atom is 0.267 e. The molecule has 8 nitrogen and oxygen atoms in total. The van der Waals surface area contributed by atoms with Gasteiger partial charge in [0.15, 0.2) is 11.6 Å². The van der Waals surface area contributed by atoms with Gasteiger partial charge in [0, 0.05) is 45.5 Å². The number of hydrogen-bond donors (Lipinski definition) is 4. The molecule has 0 atom stereocenters. The zero-order chi connectivity index (χ0) is 29.0. The number of benzene rings is 3. The molecule has 4 aromatic rings. The van der Waals surface area contributed by atoms with Crippen molar-refractivity contribution >= 4 is 57.3 Å². The van der Waals surface area contributed by atoms with Gasteiger partial charge >= 0.3 is 0 Å². The van der Waals surface area contributed by atoms with Crippen molar-refractivity contribution in [2.75, 3.05) is 17.7 Å². The average molecular weight is 587 g/mol. The highest BCUT2D eigenvalue weighted by atomic mass is 35.5. The lowest BCUT2D eigenvalue weighted by molar-refractivity contribution is -0.118. The molecule has 210 valence electrons. The molecule has 0 aliphatic heterocycles. The van der Waals surface area contributed by atoms with Gasteiger partial charge in [-0.05, 0) is 63.2 Å². The van der Waals surface area contributed by atoms with E-state index in [1.807, 2.05) is 20.8 Å². The van der Waals surface area contributed by atoms with Gasteiger partial charge < -0.3 is 30.8 Å². The number of halogens is 3. The zero-order valence-corrected chi connectivity index (χ0v) is 23.7. The third kappa shape index (κ3) is 7.65. The molecular formula is C29H29Cl2FN4O4. The number of nitrogens with one attached hydrogen (secondary N) is 3. The highest BCUT2D eigenvalue weighted by Gasteiger charge is 2.18. The summed E-state index contributed by atoms with van der Waals surface area (Å²) < 4.78 is 26.5. The van der Waals surface area contributed by atoms with Crippen molar-refractivity contribution < 1.29 is 23.5 Å². The number of hydrogen-bond acceptors (Lipinski definition) is 5. The lowest BCUT2D eigenvalue weighted by Crippen LogP contribution is -2.23. The molecule has 0 saturated carbocycles. The van der Waals surface area contributed by atoms with Gasteiger partial charge in [-0.1, -0.05) is 29.3 Å². The highest BCUT2D eigenvalue weighted by molar-refractivity contribution is 6.32. The zero-order valence-electron chi connectivity index (χ0n) is 22.2. The van der Waals surface area contributed by atoms with Crippen molar-refractivity contribution in [3.05, 3.63) is 81.7 Å². The first-order valence-electron chi connectivity index (χ1n) is 12.4. The van der Waals surface area contributed by atoms with Crippen molar-refractivity contribution in [2.45, 2.75) is 39.3 Å². The summed E-state index contributed by atoms with van der Waals surface area (Å²) in [5, 5.41) is 6.63. The van der Waals surface area contributed by atoms with Gasteiger partial charge in [-0.3, -0.25) is 9.59 Å². The van der Waals surface area contributed by atoms with Crippen LogP contribution in [0.2, 0.25) is 10.0 Å². The van der Waals surface area contributed by atoms with Gasteiger partial charge in [0.1, 0.15) is 11.4 Å².